The molecule has 0 unspecified atom stereocenters. The Labute approximate surface area is 123 Å². The summed E-state index contributed by atoms with van der Waals surface area (Å²) in [6.45, 7) is 1.08. The Morgan fingerprint density at radius 2 is 2.05 bits per heavy atom. The third-order valence-corrected chi connectivity index (χ3v) is 3.74. The molecule has 0 saturated carbocycles. The van der Waals surface area contributed by atoms with Crippen LogP contribution >= 0.6 is 0 Å². The van der Waals surface area contributed by atoms with Gasteiger partial charge in [0.2, 0.25) is 10.0 Å². The van der Waals surface area contributed by atoms with Crippen LogP contribution < -0.4 is 10.5 Å². The molecule has 1 rings (SSSR count). The van der Waals surface area contributed by atoms with Crippen LogP contribution in [0.5, 0.6) is 0 Å². The first-order chi connectivity index (χ1) is 9.86. The van der Waals surface area contributed by atoms with E-state index in [4.69, 9.17) is 9.88 Å². The van der Waals surface area contributed by atoms with E-state index in [0.29, 0.717) is 13.2 Å². The number of unbranched alkanes of at least 4 members (excludes halogenated alkanes) is 2. The van der Waals surface area contributed by atoms with Crippen molar-refractivity contribution in [2.24, 2.45) is 5.14 Å². The van der Waals surface area contributed by atoms with Crippen molar-refractivity contribution in [3.8, 4) is 0 Å². The Hall–Kier alpha value is -1.51. The summed E-state index contributed by atoms with van der Waals surface area (Å²) in [5, 5.41) is 7.46. The maximum atomic E-state index is 13.7. The fourth-order valence-electron chi connectivity index (χ4n) is 1.70. The number of hydrogen-bond acceptors (Lipinski definition) is 4. The molecular weight excluding hydrogens is 299 g/mol. The molecule has 0 saturated heterocycles. The molecule has 0 atom stereocenters. The monoisotopic (exact) mass is 318 g/mol. The van der Waals surface area contributed by atoms with Crippen molar-refractivity contribution in [2.45, 2.75) is 24.2 Å². The van der Waals surface area contributed by atoms with Crippen LogP contribution in [0.3, 0.4) is 0 Å². The largest absolute Gasteiger partial charge is 0.385 e. The Morgan fingerprint density at radius 1 is 1.33 bits per heavy atom. The normalized spacial score (nSPS) is 11.4. The van der Waals surface area contributed by atoms with Crippen LogP contribution in [0.4, 0.5) is 4.39 Å². The van der Waals surface area contributed by atoms with E-state index in [0.717, 1.165) is 37.5 Å². The summed E-state index contributed by atoms with van der Waals surface area (Å²) in [6.07, 6.45) is 2.54. The summed E-state index contributed by atoms with van der Waals surface area (Å²) in [4.78, 5) is 11.4. The lowest BCUT2D eigenvalue weighted by molar-refractivity contribution is 0.0948. The zero-order valence-corrected chi connectivity index (χ0v) is 12.6. The number of halogens is 1. The second-order valence-corrected chi connectivity index (χ2v) is 6.06. The molecule has 0 heterocycles. The number of carbonyl (C=O) groups excluding carboxylic acids is 1. The minimum atomic E-state index is -3.98. The first kappa shape index (κ1) is 17.5. The van der Waals surface area contributed by atoms with Crippen molar-refractivity contribution < 1.29 is 22.3 Å². The fraction of sp³-hybridized carbons (Fsp3) is 0.462. The number of primary sulfonamides is 1. The molecule has 0 aliphatic heterocycles. The molecule has 0 bridgehead atoms. The fourth-order valence-corrected chi connectivity index (χ4v) is 2.23. The van der Waals surface area contributed by atoms with E-state index in [1.54, 1.807) is 7.11 Å². The predicted octanol–water partition coefficient (Wildman–Crippen LogP) is 1.02. The number of rotatable bonds is 8. The zero-order valence-electron chi connectivity index (χ0n) is 11.8. The van der Waals surface area contributed by atoms with Gasteiger partial charge in [0.25, 0.3) is 5.91 Å². The third kappa shape index (κ3) is 5.78. The van der Waals surface area contributed by atoms with E-state index in [1.807, 2.05) is 0 Å². The number of nitrogens with one attached hydrogen (secondary N) is 1. The molecule has 0 aliphatic rings. The van der Waals surface area contributed by atoms with Gasteiger partial charge in [-0.25, -0.2) is 17.9 Å². The van der Waals surface area contributed by atoms with Crippen molar-refractivity contribution in [3.05, 3.63) is 29.6 Å². The molecule has 118 valence electrons. The van der Waals surface area contributed by atoms with Crippen LogP contribution in [0.15, 0.2) is 23.1 Å². The lowest BCUT2D eigenvalue weighted by atomic mass is 10.2. The van der Waals surface area contributed by atoms with Gasteiger partial charge >= 0.3 is 0 Å². The maximum absolute atomic E-state index is 13.7. The molecular formula is C13H19FN2O4S. The lowest BCUT2D eigenvalue weighted by Gasteiger charge is -2.07. The molecule has 1 aromatic rings. The van der Waals surface area contributed by atoms with Gasteiger partial charge in [0.1, 0.15) is 5.82 Å². The average molecular weight is 318 g/mol. The van der Waals surface area contributed by atoms with E-state index < -0.39 is 21.7 Å². The zero-order chi connectivity index (χ0) is 15.9. The quantitative estimate of drug-likeness (QED) is 0.699. The molecule has 0 aromatic heterocycles. The Morgan fingerprint density at radius 3 is 2.62 bits per heavy atom. The molecule has 3 N–H and O–H groups in total. The SMILES string of the molecule is COCCCCCNC(=O)c1ccc(S(N)(=O)=O)cc1F. The summed E-state index contributed by atoms with van der Waals surface area (Å²) in [6, 6.07) is 2.95. The third-order valence-electron chi connectivity index (χ3n) is 2.82. The highest BCUT2D eigenvalue weighted by molar-refractivity contribution is 7.89. The number of nitrogens with two attached hydrogens (primary N) is 1. The average Bonchev–Trinajstić information content (AvgIpc) is 2.41. The van der Waals surface area contributed by atoms with E-state index in [2.05, 4.69) is 5.32 Å². The van der Waals surface area contributed by atoms with Crippen molar-refractivity contribution in [2.75, 3.05) is 20.3 Å². The van der Waals surface area contributed by atoms with Gasteiger partial charge < -0.3 is 10.1 Å². The van der Waals surface area contributed by atoms with Gasteiger partial charge in [0.15, 0.2) is 0 Å². The summed E-state index contributed by atoms with van der Waals surface area (Å²) in [5.74, 6) is -1.50. The molecule has 6 nitrogen and oxygen atoms in total. The number of methoxy groups -OCH3 is 1. The van der Waals surface area contributed by atoms with Gasteiger partial charge in [-0.1, -0.05) is 0 Å². The number of benzene rings is 1. The highest BCUT2D eigenvalue weighted by Crippen LogP contribution is 2.13. The maximum Gasteiger partial charge on any atom is 0.254 e. The van der Waals surface area contributed by atoms with E-state index in [-0.39, 0.29) is 10.5 Å². The number of amides is 1. The molecule has 21 heavy (non-hydrogen) atoms. The van der Waals surface area contributed by atoms with Gasteiger partial charge in [0, 0.05) is 20.3 Å². The lowest BCUT2D eigenvalue weighted by Crippen LogP contribution is -2.25. The Balaban J connectivity index is 2.55. The van der Waals surface area contributed by atoms with Crippen LogP contribution in [-0.4, -0.2) is 34.6 Å². The van der Waals surface area contributed by atoms with Crippen LogP contribution in [0, 0.1) is 5.82 Å². The first-order valence-corrected chi connectivity index (χ1v) is 8.00. The smallest absolute Gasteiger partial charge is 0.254 e. The summed E-state index contributed by atoms with van der Waals surface area (Å²) < 4.78 is 40.7. The Kier molecular flexibility index (Phi) is 6.73. The molecule has 8 heteroatoms. The van der Waals surface area contributed by atoms with Gasteiger partial charge in [-0.3, -0.25) is 4.79 Å². The van der Waals surface area contributed by atoms with Gasteiger partial charge in [-0.2, -0.15) is 0 Å². The number of sulfonamides is 1. The summed E-state index contributed by atoms with van der Waals surface area (Å²) in [5.41, 5.74) is -0.209. The molecule has 0 aliphatic carbocycles. The highest BCUT2D eigenvalue weighted by Gasteiger charge is 2.15. The van der Waals surface area contributed by atoms with Crippen molar-refractivity contribution in [3.63, 3.8) is 0 Å². The van der Waals surface area contributed by atoms with Gasteiger partial charge in [0.05, 0.1) is 10.5 Å². The topological polar surface area (TPSA) is 98.5 Å². The van der Waals surface area contributed by atoms with Crippen LogP contribution in [0.25, 0.3) is 0 Å². The van der Waals surface area contributed by atoms with Crippen molar-refractivity contribution in [1.29, 1.82) is 0 Å². The Bertz CT molecular complexity index is 590. The van der Waals surface area contributed by atoms with Crippen LogP contribution in [-0.2, 0) is 14.8 Å². The number of hydrogen-bond donors (Lipinski definition) is 2. The standard InChI is InChI=1S/C13H19FN2O4S/c1-20-8-4-2-3-7-16-13(17)11-6-5-10(9-12(11)14)21(15,18)19/h5-6,9H,2-4,7-8H2,1H3,(H,16,17)(H2,15,18,19). The minimum Gasteiger partial charge on any atom is -0.385 e. The number of ether oxygens (including phenoxy) is 1. The van der Waals surface area contributed by atoms with Gasteiger partial charge in [-0.05, 0) is 37.5 Å². The molecule has 0 fully saturated rings. The minimum absolute atomic E-state index is 0.209. The predicted molar refractivity (Wildman–Crippen MR) is 75.8 cm³/mol. The van der Waals surface area contributed by atoms with Crippen LogP contribution in [0.1, 0.15) is 29.6 Å². The van der Waals surface area contributed by atoms with E-state index in [1.165, 1.54) is 0 Å². The van der Waals surface area contributed by atoms with Crippen molar-refractivity contribution in [1.82, 2.24) is 5.32 Å². The second kappa shape index (κ2) is 8.06. The number of carbonyl (C=O) groups is 1. The van der Waals surface area contributed by atoms with Crippen LogP contribution in [0.2, 0.25) is 0 Å². The summed E-state index contributed by atoms with van der Waals surface area (Å²) in [7, 11) is -2.36. The highest BCUT2D eigenvalue weighted by atomic mass is 32.2. The molecule has 0 spiro atoms. The second-order valence-electron chi connectivity index (χ2n) is 4.50. The molecule has 0 radical (unpaired) electrons. The molecule has 1 amide bonds. The summed E-state index contributed by atoms with van der Waals surface area (Å²) >= 11 is 0. The molecule has 1 aromatic carbocycles. The van der Waals surface area contributed by atoms with Crippen molar-refractivity contribution >= 4 is 15.9 Å². The van der Waals surface area contributed by atoms with E-state index in [9.17, 15) is 17.6 Å². The van der Waals surface area contributed by atoms with Gasteiger partial charge in [-0.15, -0.1) is 0 Å². The first-order valence-electron chi connectivity index (χ1n) is 6.45. The van der Waals surface area contributed by atoms with E-state index >= 15 is 0 Å².